The largest absolute Gasteiger partial charge is 0.394 e. The van der Waals surface area contributed by atoms with E-state index in [1.165, 1.54) is 4.90 Å². The molecule has 4 rings (SSSR count). The molecule has 36 heavy (non-hydrogen) atoms. The number of carbonyl (C=O) groups is 2. The summed E-state index contributed by atoms with van der Waals surface area (Å²) in [5, 5.41) is 16.3. The first-order valence-corrected chi connectivity index (χ1v) is 12.4. The smallest absolute Gasteiger partial charge is 0.243 e. The van der Waals surface area contributed by atoms with Crippen molar-refractivity contribution in [1.29, 1.82) is 0 Å². The van der Waals surface area contributed by atoms with Crippen LogP contribution in [0.3, 0.4) is 0 Å². The highest BCUT2D eigenvalue weighted by atomic mass is 16.3. The number of H-pyrrole nitrogens is 1. The number of rotatable bonds is 11. The Morgan fingerprint density at radius 1 is 1.03 bits per heavy atom. The molecule has 0 aliphatic carbocycles. The van der Waals surface area contributed by atoms with Crippen LogP contribution in [0.4, 0.5) is 0 Å². The van der Waals surface area contributed by atoms with Gasteiger partial charge in [0.25, 0.3) is 0 Å². The van der Waals surface area contributed by atoms with Crippen molar-refractivity contribution in [3.05, 3.63) is 84.1 Å². The second-order valence-corrected chi connectivity index (χ2v) is 9.25. The third-order valence-corrected chi connectivity index (χ3v) is 6.71. The summed E-state index contributed by atoms with van der Waals surface area (Å²) in [7, 11) is 1.66. The van der Waals surface area contributed by atoms with Gasteiger partial charge in [-0.25, -0.2) is 0 Å². The molecule has 0 saturated heterocycles. The standard InChI is InChI=1S/C29H34N4O3/c1-33(28(35)11-6-14-30)27(16-20-12-13-21-7-2-3-8-22(21)15-20)29(36)32-24(19-34)17-23-18-31-26-10-5-4-9-25(23)26/h2-5,7-10,12-13,15,18,24,27,31,34H,6,11,14,16-17,19,30H2,1H3,(H,32,36)/t24-,27-/m1/s1. The highest BCUT2D eigenvalue weighted by molar-refractivity contribution is 5.89. The zero-order chi connectivity index (χ0) is 25.5. The first-order valence-electron chi connectivity index (χ1n) is 12.4. The van der Waals surface area contributed by atoms with Gasteiger partial charge >= 0.3 is 0 Å². The number of nitrogens with two attached hydrogens (primary N) is 1. The Labute approximate surface area is 211 Å². The maximum absolute atomic E-state index is 13.5. The van der Waals surface area contributed by atoms with Crippen LogP contribution in [0.25, 0.3) is 21.7 Å². The summed E-state index contributed by atoms with van der Waals surface area (Å²) in [6, 6.07) is 20.9. The van der Waals surface area contributed by atoms with Crippen molar-refractivity contribution in [3.63, 3.8) is 0 Å². The van der Waals surface area contributed by atoms with Gasteiger partial charge in [0, 0.05) is 37.0 Å². The molecule has 2 atom stereocenters. The molecule has 0 aliphatic heterocycles. The van der Waals surface area contributed by atoms with E-state index in [0.717, 1.165) is 32.8 Å². The maximum Gasteiger partial charge on any atom is 0.243 e. The van der Waals surface area contributed by atoms with Crippen molar-refractivity contribution >= 4 is 33.5 Å². The van der Waals surface area contributed by atoms with Crippen molar-refractivity contribution in [3.8, 4) is 0 Å². The van der Waals surface area contributed by atoms with Crippen molar-refractivity contribution in [1.82, 2.24) is 15.2 Å². The lowest BCUT2D eigenvalue weighted by atomic mass is 9.99. The Balaban J connectivity index is 1.54. The molecule has 7 nitrogen and oxygen atoms in total. The fraction of sp³-hybridized carbons (Fsp3) is 0.310. The predicted octanol–water partition coefficient (Wildman–Crippen LogP) is 3.15. The molecule has 1 aromatic heterocycles. The Kier molecular flexibility index (Phi) is 8.36. The summed E-state index contributed by atoms with van der Waals surface area (Å²) in [6.07, 6.45) is 3.60. The third-order valence-electron chi connectivity index (χ3n) is 6.71. The average Bonchev–Trinajstić information content (AvgIpc) is 3.32. The monoisotopic (exact) mass is 486 g/mol. The van der Waals surface area contributed by atoms with Gasteiger partial charge in [-0.2, -0.15) is 0 Å². The highest BCUT2D eigenvalue weighted by Gasteiger charge is 2.29. The number of benzene rings is 3. The molecule has 0 saturated carbocycles. The molecule has 188 valence electrons. The third kappa shape index (κ3) is 5.93. The van der Waals surface area contributed by atoms with Gasteiger partial charge < -0.3 is 26.0 Å². The van der Waals surface area contributed by atoms with E-state index in [-0.39, 0.29) is 24.8 Å². The molecule has 2 amide bonds. The highest BCUT2D eigenvalue weighted by Crippen LogP contribution is 2.20. The van der Waals surface area contributed by atoms with Gasteiger partial charge in [-0.05, 0) is 47.4 Å². The zero-order valence-electron chi connectivity index (χ0n) is 20.6. The molecule has 3 aromatic carbocycles. The zero-order valence-corrected chi connectivity index (χ0v) is 20.6. The van der Waals surface area contributed by atoms with Gasteiger partial charge in [-0.3, -0.25) is 9.59 Å². The topological polar surface area (TPSA) is 111 Å². The second-order valence-electron chi connectivity index (χ2n) is 9.25. The number of nitrogens with one attached hydrogen (secondary N) is 2. The van der Waals surface area contributed by atoms with Gasteiger partial charge in [0.2, 0.25) is 11.8 Å². The van der Waals surface area contributed by atoms with E-state index in [1.807, 2.05) is 66.9 Å². The molecule has 5 N–H and O–H groups in total. The van der Waals surface area contributed by atoms with Crippen LogP contribution in [0, 0.1) is 0 Å². The first kappa shape index (κ1) is 25.4. The van der Waals surface area contributed by atoms with Gasteiger partial charge in [-0.15, -0.1) is 0 Å². The number of fused-ring (bicyclic) bond motifs is 2. The number of likely N-dealkylation sites (N-methyl/N-ethyl adjacent to an activating group) is 1. The van der Waals surface area contributed by atoms with Crippen LogP contribution < -0.4 is 11.1 Å². The van der Waals surface area contributed by atoms with E-state index >= 15 is 0 Å². The normalized spacial score (nSPS) is 13.0. The van der Waals surface area contributed by atoms with Crippen LogP contribution in [0.1, 0.15) is 24.0 Å². The number of aromatic amines is 1. The van der Waals surface area contributed by atoms with Gasteiger partial charge in [-0.1, -0.05) is 60.7 Å². The number of aliphatic hydroxyl groups is 1. The minimum absolute atomic E-state index is 0.126. The van der Waals surface area contributed by atoms with Crippen molar-refractivity contribution in [2.45, 2.75) is 37.8 Å². The van der Waals surface area contributed by atoms with Crippen LogP contribution in [0.2, 0.25) is 0 Å². The number of nitrogens with zero attached hydrogens (tertiary/aromatic N) is 1. The molecule has 0 unspecified atom stereocenters. The van der Waals surface area contributed by atoms with Crippen LogP contribution in [0.15, 0.2) is 72.9 Å². The van der Waals surface area contributed by atoms with Crippen molar-refractivity contribution in [2.75, 3.05) is 20.2 Å². The average molecular weight is 487 g/mol. The predicted molar refractivity (Wildman–Crippen MR) is 144 cm³/mol. The molecule has 7 heteroatoms. The fourth-order valence-corrected chi connectivity index (χ4v) is 4.62. The molecule has 0 bridgehead atoms. The van der Waals surface area contributed by atoms with E-state index in [9.17, 15) is 14.7 Å². The summed E-state index contributed by atoms with van der Waals surface area (Å²) in [6.45, 7) is 0.205. The molecule has 0 radical (unpaired) electrons. The Morgan fingerprint density at radius 3 is 2.56 bits per heavy atom. The minimum atomic E-state index is -0.714. The lowest BCUT2D eigenvalue weighted by Gasteiger charge is -2.29. The van der Waals surface area contributed by atoms with Crippen LogP contribution in [-0.4, -0.2) is 59.1 Å². The summed E-state index contributed by atoms with van der Waals surface area (Å²) < 4.78 is 0. The summed E-state index contributed by atoms with van der Waals surface area (Å²) in [4.78, 5) is 31.1. The summed E-state index contributed by atoms with van der Waals surface area (Å²) >= 11 is 0. The number of aromatic nitrogens is 1. The van der Waals surface area contributed by atoms with E-state index in [2.05, 4.69) is 16.4 Å². The minimum Gasteiger partial charge on any atom is -0.394 e. The quantitative estimate of drug-likeness (QED) is 0.261. The number of amides is 2. The number of aliphatic hydroxyl groups excluding tert-OH is 1. The van der Waals surface area contributed by atoms with Crippen LogP contribution >= 0.6 is 0 Å². The SMILES string of the molecule is CN(C(=O)CCCN)[C@H](Cc1ccc2ccccc2c1)C(=O)N[C@@H](CO)Cc1c[nH]c2ccccc12. The van der Waals surface area contributed by atoms with Crippen molar-refractivity contribution in [2.24, 2.45) is 5.73 Å². The van der Waals surface area contributed by atoms with Crippen LogP contribution in [0.5, 0.6) is 0 Å². The molecule has 0 fully saturated rings. The first-order chi connectivity index (χ1) is 17.5. The molecule has 1 heterocycles. The lowest BCUT2D eigenvalue weighted by Crippen LogP contribution is -2.52. The fourth-order valence-electron chi connectivity index (χ4n) is 4.62. The number of hydrogen-bond acceptors (Lipinski definition) is 4. The summed E-state index contributed by atoms with van der Waals surface area (Å²) in [5.41, 5.74) is 8.59. The molecule has 4 aromatic rings. The Morgan fingerprint density at radius 2 is 1.78 bits per heavy atom. The van der Waals surface area contributed by atoms with Crippen LogP contribution in [-0.2, 0) is 22.4 Å². The Bertz CT molecular complexity index is 1330. The van der Waals surface area contributed by atoms with Gasteiger partial charge in [0.1, 0.15) is 6.04 Å². The molecule has 0 spiro atoms. The van der Waals surface area contributed by atoms with E-state index in [0.29, 0.717) is 25.8 Å². The second kappa shape index (κ2) is 11.8. The molecule has 0 aliphatic rings. The maximum atomic E-state index is 13.5. The molecular formula is C29H34N4O3. The van der Waals surface area contributed by atoms with Gasteiger partial charge in [0.15, 0.2) is 0 Å². The van der Waals surface area contributed by atoms with E-state index in [1.54, 1.807) is 7.05 Å². The number of hydrogen-bond donors (Lipinski definition) is 4. The van der Waals surface area contributed by atoms with E-state index < -0.39 is 12.1 Å². The summed E-state index contributed by atoms with van der Waals surface area (Å²) in [5.74, 6) is -0.413. The Hall–Kier alpha value is -3.68. The van der Waals surface area contributed by atoms with Crippen molar-refractivity contribution < 1.29 is 14.7 Å². The van der Waals surface area contributed by atoms with E-state index in [4.69, 9.17) is 5.73 Å². The number of carbonyl (C=O) groups excluding carboxylic acids is 2. The van der Waals surface area contributed by atoms with Gasteiger partial charge in [0.05, 0.1) is 12.6 Å². The molecular weight excluding hydrogens is 452 g/mol. The lowest BCUT2D eigenvalue weighted by molar-refractivity contribution is -0.139. The number of para-hydroxylation sites is 1.